The molecule has 0 aliphatic carbocycles. The van der Waals surface area contributed by atoms with Crippen LogP contribution in [0.5, 0.6) is 0 Å². The van der Waals surface area contributed by atoms with Gasteiger partial charge in [-0.15, -0.1) is 11.3 Å². The number of anilines is 1. The predicted octanol–water partition coefficient (Wildman–Crippen LogP) is 5.75. The van der Waals surface area contributed by atoms with Gasteiger partial charge in [-0.2, -0.15) is 0 Å². The van der Waals surface area contributed by atoms with E-state index in [4.69, 9.17) is 23.2 Å². The Morgan fingerprint density at radius 1 is 1.12 bits per heavy atom. The summed E-state index contributed by atoms with van der Waals surface area (Å²) in [4.78, 5) is 17.7. The third-order valence-corrected chi connectivity index (χ3v) is 5.45. The molecule has 25 heavy (non-hydrogen) atoms. The Kier molecular flexibility index (Phi) is 5.58. The summed E-state index contributed by atoms with van der Waals surface area (Å²) in [7, 11) is 0. The number of carbonyl (C=O) groups excluding carboxylic acids is 1. The number of halogens is 2. The van der Waals surface area contributed by atoms with E-state index < -0.39 is 0 Å². The monoisotopic (exact) mass is 391 g/mol. The van der Waals surface area contributed by atoms with Crippen LogP contribution >= 0.6 is 34.5 Å². The van der Waals surface area contributed by atoms with E-state index in [1.54, 1.807) is 29.5 Å². The summed E-state index contributed by atoms with van der Waals surface area (Å²) in [6.45, 7) is 2.35. The number of amides is 2. The molecule has 128 valence electrons. The highest BCUT2D eigenvalue weighted by atomic mass is 35.5. The number of hydrogen-bond donors (Lipinski definition) is 2. The summed E-state index contributed by atoms with van der Waals surface area (Å²) in [5.41, 5.74) is 2.57. The zero-order chi connectivity index (χ0) is 17.8. The van der Waals surface area contributed by atoms with E-state index in [1.165, 1.54) is 0 Å². The van der Waals surface area contributed by atoms with Crippen LogP contribution in [0.15, 0.2) is 48.5 Å². The topological polar surface area (TPSA) is 54.0 Å². The van der Waals surface area contributed by atoms with Gasteiger partial charge in [0, 0.05) is 16.1 Å². The summed E-state index contributed by atoms with van der Waals surface area (Å²) in [5.74, 6) is 0. The Labute approximate surface area is 159 Å². The Hall–Kier alpha value is -2.08. The molecule has 1 heterocycles. The van der Waals surface area contributed by atoms with E-state index in [0.29, 0.717) is 22.3 Å². The molecule has 0 saturated carbocycles. The molecule has 0 fully saturated rings. The number of thiazole rings is 1. The molecule has 3 aromatic rings. The van der Waals surface area contributed by atoms with Crippen molar-refractivity contribution < 1.29 is 4.79 Å². The minimum atomic E-state index is -0.313. The lowest BCUT2D eigenvalue weighted by Gasteiger charge is -2.07. The smallest absolute Gasteiger partial charge is 0.319 e. The number of nitrogens with zero attached hydrogens (tertiary/aromatic N) is 1. The maximum absolute atomic E-state index is 12.1. The third-order valence-electron chi connectivity index (χ3n) is 3.50. The van der Waals surface area contributed by atoms with Crippen molar-refractivity contribution in [1.82, 2.24) is 10.3 Å². The van der Waals surface area contributed by atoms with Gasteiger partial charge in [-0.3, -0.25) is 0 Å². The highest BCUT2D eigenvalue weighted by Crippen LogP contribution is 2.28. The molecule has 0 atom stereocenters. The van der Waals surface area contributed by atoms with Gasteiger partial charge in [-0.25, -0.2) is 9.78 Å². The van der Waals surface area contributed by atoms with Crippen LogP contribution in [0.4, 0.5) is 10.5 Å². The van der Waals surface area contributed by atoms with Crippen molar-refractivity contribution in [3.63, 3.8) is 0 Å². The number of benzene rings is 2. The molecule has 2 N–H and O–H groups in total. The summed E-state index contributed by atoms with van der Waals surface area (Å²) in [6.07, 6.45) is 0. The second kappa shape index (κ2) is 7.87. The summed E-state index contributed by atoms with van der Waals surface area (Å²) < 4.78 is 0. The molecule has 7 heteroatoms. The van der Waals surface area contributed by atoms with E-state index >= 15 is 0 Å². The van der Waals surface area contributed by atoms with Crippen molar-refractivity contribution >= 4 is 46.3 Å². The number of carbonyl (C=O) groups is 1. The maximum atomic E-state index is 12.1. The highest BCUT2D eigenvalue weighted by molar-refractivity contribution is 7.15. The molecule has 0 saturated heterocycles. The second-order valence-electron chi connectivity index (χ2n) is 5.33. The van der Waals surface area contributed by atoms with Gasteiger partial charge in [-0.1, -0.05) is 53.5 Å². The molecule has 0 unspecified atom stereocenters. The fourth-order valence-electron chi connectivity index (χ4n) is 2.21. The number of aryl methyl sites for hydroxylation is 1. The van der Waals surface area contributed by atoms with Gasteiger partial charge in [-0.05, 0) is 25.1 Å². The number of urea groups is 1. The largest absolute Gasteiger partial charge is 0.333 e. The van der Waals surface area contributed by atoms with Crippen LogP contribution in [0, 0.1) is 6.92 Å². The first-order valence-corrected chi connectivity index (χ1v) is 9.12. The lowest BCUT2D eigenvalue weighted by Crippen LogP contribution is -2.28. The molecular formula is C18H15Cl2N3OS. The van der Waals surface area contributed by atoms with Gasteiger partial charge < -0.3 is 10.6 Å². The van der Waals surface area contributed by atoms with Crippen LogP contribution in [0.2, 0.25) is 10.0 Å². The Bertz CT molecular complexity index is 897. The van der Waals surface area contributed by atoms with E-state index in [9.17, 15) is 4.79 Å². The fourth-order valence-corrected chi connectivity index (χ4v) is 3.51. The molecular weight excluding hydrogens is 377 g/mol. The highest BCUT2D eigenvalue weighted by Gasteiger charge is 2.11. The molecule has 0 spiro atoms. The van der Waals surface area contributed by atoms with Crippen LogP contribution in [-0.2, 0) is 6.54 Å². The molecule has 0 aliphatic rings. The quantitative estimate of drug-likeness (QED) is 0.594. The summed E-state index contributed by atoms with van der Waals surface area (Å²) in [6, 6.07) is 14.6. The summed E-state index contributed by atoms with van der Waals surface area (Å²) in [5, 5.41) is 7.34. The van der Waals surface area contributed by atoms with Crippen molar-refractivity contribution in [2.45, 2.75) is 13.5 Å². The molecule has 0 bridgehead atoms. The van der Waals surface area contributed by atoms with Crippen molar-refractivity contribution in [3.8, 4) is 10.6 Å². The first-order valence-electron chi connectivity index (χ1n) is 7.54. The first-order chi connectivity index (χ1) is 12.0. The number of aromatic nitrogens is 1. The van der Waals surface area contributed by atoms with Crippen molar-refractivity contribution in [1.29, 1.82) is 0 Å². The first kappa shape index (κ1) is 17.7. The Balaban J connectivity index is 1.62. The maximum Gasteiger partial charge on any atom is 0.319 e. The van der Waals surface area contributed by atoms with Crippen LogP contribution in [0.25, 0.3) is 10.6 Å². The van der Waals surface area contributed by atoms with Gasteiger partial charge >= 0.3 is 6.03 Å². The van der Waals surface area contributed by atoms with E-state index in [0.717, 1.165) is 21.1 Å². The van der Waals surface area contributed by atoms with Crippen LogP contribution in [-0.4, -0.2) is 11.0 Å². The average molecular weight is 392 g/mol. The molecule has 4 nitrogen and oxygen atoms in total. The van der Waals surface area contributed by atoms with Crippen LogP contribution < -0.4 is 10.6 Å². The molecule has 2 amide bonds. The second-order valence-corrected chi connectivity index (χ2v) is 7.23. The zero-order valence-corrected chi connectivity index (χ0v) is 15.7. The molecule has 3 rings (SSSR count). The van der Waals surface area contributed by atoms with Gasteiger partial charge in [0.2, 0.25) is 0 Å². The number of hydrogen-bond acceptors (Lipinski definition) is 3. The van der Waals surface area contributed by atoms with Crippen molar-refractivity contribution in [2.24, 2.45) is 0 Å². The third kappa shape index (κ3) is 4.51. The standard InChI is InChI=1S/C18H15Cl2N3OS/c1-11-16(25-17(22-11)12-5-3-2-4-6-12)10-21-18(24)23-13-7-8-14(19)15(20)9-13/h2-9H,10H2,1H3,(H2,21,23,24). The van der Waals surface area contributed by atoms with Gasteiger partial charge in [0.15, 0.2) is 0 Å². The number of nitrogens with one attached hydrogen (secondary N) is 2. The fraction of sp³-hybridized carbons (Fsp3) is 0.111. The Morgan fingerprint density at radius 3 is 2.60 bits per heavy atom. The zero-order valence-electron chi connectivity index (χ0n) is 13.3. The van der Waals surface area contributed by atoms with E-state index in [2.05, 4.69) is 15.6 Å². The van der Waals surface area contributed by atoms with Crippen molar-refractivity contribution in [3.05, 3.63) is 69.1 Å². The average Bonchev–Trinajstić information content (AvgIpc) is 2.98. The number of rotatable bonds is 4. The van der Waals surface area contributed by atoms with Gasteiger partial charge in [0.25, 0.3) is 0 Å². The van der Waals surface area contributed by atoms with Crippen molar-refractivity contribution in [2.75, 3.05) is 5.32 Å². The summed E-state index contributed by atoms with van der Waals surface area (Å²) >= 11 is 13.4. The molecule has 2 aromatic carbocycles. The predicted molar refractivity (Wildman–Crippen MR) is 105 cm³/mol. The minimum absolute atomic E-state index is 0.313. The van der Waals surface area contributed by atoms with Crippen LogP contribution in [0.1, 0.15) is 10.6 Å². The van der Waals surface area contributed by atoms with E-state index in [1.807, 2.05) is 37.3 Å². The SMILES string of the molecule is Cc1nc(-c2ccccc2)sc1CNC(=O)Nc1ccc(Cl)c(Cl)c1. The van der Waals surface area contributed by atoms with Gasteiger partial charge in [0.1, 0.15) is 5.01 Å². The van der Waals surface area contributed by atoms with Gasteiger partial charge in [0.05, 0.1) is 22.3 Å². The lowest BCUT2D eigenvalue weighted by molar-refractivity contribution is 0.252. The lowest BCUT2D eigenvalue weighted by atomic mass is 10.2. The molecule has 0 aliphatic heterocycles. The van der Waals surface area contributed by atoms with Crippen LogP contribution in [0.3, 0.4) is 0 Å². The Morgan fingerprint density at radius 2 is 1.88 bits per heavy atom. The van der Waals surface area contributed by atoms with E-state index in [-0.39, 0.29) is 6.03 Å². The molecule has 1 aromatic heterocycles. The minimum Gasteiger partial charge on any atom is -0.333 e. The molecule has 0 radical (unpaired) electrons. The normalized spacial score (nSPS) is 10.5.